The molecule has 26 heavy (non-hydrogen) atoms. The molecule has 0 bridgehead atoms. The average molecular weight is 360 g/mol. The second-order valence-electron chi connectivity index (χ2n) is 5.72. The number of carbonyl (C=O) groups is 1. The fourth-order valence-corrected chi connectivity index (χ4v) is 3.48. The quantitative estimate of drug-likeness (QED) is 0.555. The first-order valence-electron chi connectivity index (χ1n) is 8.19. The molecule has 5 nitrogen and oxygen atoms in total. The van der Waals surface area contributed by atoms with Crippen molar-refractivity contribution in [1.82, 2.24) is 15.3 Å². The van der Waals surface area contributed by atoms with Crippen molar-refractivity contribution in [3.63, 3.8) is 0 Å². The molecule has 0 saturated carbocycles. The predicted octanol–water partition coefficient (Wildman–Crippen LogP) is 4.68. The molecule has 0 spiro atoms. The van der Waals surface area contributed by atoms with Gasteiger partial charge in [0.15, 0.2) is 0 Å². The third-order valence-corrected chi connectivity index (χ3v) is 4.86. The standard InChI is InChI=1S/C20H16N4OS/c25-20(22-13-14-6-2-1-3-7-14)23-16-9-4-8-15(12-16)18-24-17-10-5-11-21-19(17)26-18/h1-12H,13H2,(H2,22,23,25). The van der Waals surface area contributed by atoms with E-state index in [-0.39, 0.29) is 6.03 Å². The molecule has 4 rings (SSSR count). The lowest BCUT2D eigenvalue weighted by Gasteiger charge is -2.08. The minimum absolute atomic E-state index is 0.239. The number of nitrogens with one attached hydrogen (secondary N) is 2. The van der Waals surface area contributed by atoms with Crippen LogP contribution in [0.3, 0.4) is 0 Å². The molecule has 0 atom stereocenters. The molecular weight excluding hydrogens is 344 g/mol. The van der Waals surface area contributed by atoms with Crippen molar-refractivity contribution in [2.75, 3.05) is 5.32 Å². The SMILES string of the molecule is O=C(NCc1ccccc1)Nc1cccc(-c2nc3cccnc3s2)c1. The Bertz CT molecular complexity index is 1010. The van der Waals surface area contributed by atoms with Crippen LogP contribution in [0.1, 0.15) is 5.56 Å². The van der Waals surface area contributed by atoms with Gasteiger partial charge in [-0.25, -0.2) is 14.8 Å². The number of amides is 2. The molecule has 2 aromatic heterocycles. The normalized spacial score (nSPS) is 10.6. The molecule has 0 aliphatic carbocycles. The number of pyridine rings is 1. The van der Waals surface area contributed by atoms with Crippen LogP contribution in [0, 0.1) is 0 Å². The fraction of sp³-hybridized carbons (Fsp3) is 0.0500. The Morgan fingerprint density at radius 3 is 2.73 bits per heavy atom. The molecule has 2 heterocycles. The summed E-state index contributed by atoms with van der Waals surface area (Å²) in [6.07, 6.45) is 1.76. The van der Waals surface area contributed by atoms with Gasteiger partial charge in [0.1, 0.15) is 15.4 Å². The van der Waals surface area contributed by atoms with E-state index >= 15 is 0 Å². The lowest BCUT2D eigenvalue weighted by atomic mass is 10.2. The lowest BCUT2D eigenvalue weighted by Crippen LogP contribution is -2.28. The summed E-state index contributed by atoms with van der Waals surface area (Å²) in [5.74, 6) is 0. The molecule has 2 aromatic carbocycles. The van der Waals surface area contributed by atoms with Crippen molar-refractivity contribution in [3.8, 4) is 10.6 Å². The number of carbonyl (C=O) groups excluding carboxylic acids is 1. The van der Waals surface area contributed by atoms with Crippen LogP contribution in [-0.4, -0.2) is 16.0 Å². The maximum atomic E-state index is 12.1. The van der Waals surface area contributed by atoms with E-state index in [1.807, 2.05) is 66.7 Å². The summed E-state index contributed by atoms with van der Waals surface area (Å²) in [6.45, 7) is 0.482. The number of anilines is 1. The van der Waals surface area contributed by atoms with Crippen molar-refractivity contribution >= 4 is 33.4 Å². The maximum Gasteiger partial charge on any atom is 0.319 e. The number of urea groups is 1. The number of hydrogen-bond acceptors (Lipinski definition) is 4. The highest BCUT2D eigenvalue weighted by Crippen LogP contribution is 2.30. The van der Waals surface area contributed by atoms with Crippen LogP contribution in [-0.2, 0) is 6.54 Å². The molecule has 0 unspecified atom stereocenters. The molecule has 2 amide bonds. The second-order valence-corrected chi connectivity index (χ2v) is 6.70. The van der Waals surface area contributed by atoms with Crippen molar-refractivity contribution in [2.45, 2.75) is 6.54 Å². The van der Waals surface area contributed by atoms with Gasteiger partial charge in [-0.2, -0.15) is 0 Å². The van der Waals surface area contributed by atoms with E-state index in [9.17, 15) is 4.79 Å². The van der Waals surface area contributed by atoms with Gasteiger partial charge in [0.25, 0.3) is 0 Å². The van der Waals surface area contributed by atoms with Crippen molar-refractivity contribution in [2.24, 2.45) is 0 Å². The highest BCUT2D eigenvalue weighted by Gasteiger charge is 2.08. The van der Waals surface area contributed by atoms with E-state index in [0.717, 1.165) is 32.2 Å². The van der Waals surface area contributed by atoms with Gasteiger partial charge in [-0.3, -0.25) is 0 Å². The van der Waals surface area contributed by atoms with Crippen LogP contribution in [0.2, 0.25) is 0 Å². The number of hydrogen-bond donors (Lipinski definition) is 2. The summed E-state index contributed by atoms with van der Waals surface area (Å²) < 4.78 is 0. The van der Waals surface area contributed by atoms with Crippen LogP contribution in [0.15, 0.2) is 72.9 Å². The van der Waals surface area contributed by atoms with E-state index in [1.165, 1.54) is 11.3 Å². The van der Waals surface area contributed by atoms with Crippen LogP contribution >= 0.6 is 11.3 Å². The Morgan fingerprint density at radius 1 is 1.00 bits per heavy atom. The van der Waals surface area contributed by atoms with Crippen LogP contribution in [0.5, 0.6) is 0 Å². The molecule has 128 valence electrons. The highest BCUT2D eigenvalue weighted by molar-refractivity contribution is 7.21. The molecule has 4 aromatic rings. The Kier molecular flexibility index (Phi) is 4.57. The number of nitrogens with zero attached hydrogens (tertiary/aromatic N) is 2. The van der Waals surface area contributed by atoms with Gasteiger partial charge in [0.05, 0.1) is 0 Å². The smallest absolute Gasteiger partial charge is 0.319 e. The van der Waals surface area contributed by atoms with Gasteiger partial charge in [0.2, 0.25) is 0 Å². The topological polar surface area (TPSA) is 66.9 Å². The monoisotopic (exact) mass is 360 g/mol. The first-order valence-corrected chi connectivity index (χ1v) is 9.00. The largest absolute Gasteiger partial charge is 0.334 e. The van der Waals surface area contributed by atoms with Crippen molar-refractivity contribution in [1.29, 1.82) is 0 Å². The van der Waals surface area contributed by atoms with E-state index < -0.39 is 0 Å². The highest BCUT2D eigenvalue weighted by atomic mass is 32.1. The predicted molar refractivity (Wildman–Crippen MR) is 105 cm³/mol. The number of aromatic nitrogens is 2. The van der Waals surface area contributed by atoms with Crippen molar-refractivity contribution in [3.05, 3.63) is 78.5 Å². The molecule has 0 fully saturated rings. The number of rotatable bonds is 4. The van der Waals surface area contributed by atoms with Crippen LogP contribution in [0.4, 0.5) is 10.5 Å². The van der Waals surface area contributed by atoms with Crippen LogP contribution < -0.4 is 10.6 Å². The third kappa shape index (κ3) is 3.70. The molecule has 0 aliphatic heterocycles. The van der Waals surface area contributed by atoms with Gasteiger partial charge < -0.3 is 10.6 Å². The number of benzene rings is 2. The van der Waals surface area contributed by atoms with E-state index in [4.69, 9.17) is 0 Å². The van der Waals surface area contributed by atoms with Gasteiger partial charge in [-0.05, 0) is 29.8 Å². The number of fused-ring (bicyclic) bond motifs is 1. The first kappa shape index (κ1) is 16.2. The van der Waals surface area contributed by atoms with Gasteiger partial charge >= 0.3 is 6.03 Å². The maximum absolute atomic E-state index is 12.1. The van der Waals surface area contributed by atoms with E-state index in [0.29, 0.717) is 6.54 Å². The number of thiazole rings is 1. The van der Waals surface area contributed by atoms with Crippen molar-refractivity contribution < 1.29 is 4.79 Å². The van der Waals surface area contributed by atoms with E-state index in [1.54, 1.807) is 6.20 Å². The summed E-state index contributed by atoms with van der Waals surface area (Å²) in [5, 5.41) is 6.60. The van der Waals surface area contributed by atoms with Gasteiger partial charge in [-0.15, -0.1) is 0 Å². The zero-order chi connectivity index (χ0) is 17.8. The zero-order valence-corrected chi connectivity index (χ0v) is 14.7. The second kappa shape index (κ2) is 7.33. The minimum Gasteiger partial charge on any atom is -0.334 e. The lowest BCUT2D eigenvalue weighted by molar-refractivity contribution is 0.251. The average Bonchev–Trinajstić information content (AvgIpc) is 3.12. The molecule has 0 saturated heterocycles. The summed E-state index contributed by atoms with van der Waals surface area (Å²) in [6, 6.07) is 21.0. The molecule has 2 N–H and O–H groups in total. The summed E-state index contributed by atoms with van der Waals surface area (Å²) in [7, 11) is 0. The Hall–Kier alpha value is -3.25. The Morgan fingerprint density at radius 2 is 1.88 bits per heavy atom. The molecular formula is C20H16N4OS. The summed E-state index contributed by atoms with van der Waals surface area (Å²) in [4.78, 5) is 22.0. The fourth-order valence-electron chi connectivity index (χ4n) is 2.58. The van der Waals surface area contributed by atoms with Crippen LogP contribution in [0.25, 0.3) is 20.9 Å². The molecule has 0 aliphatic rings. The van der Waals surface area contributed by atoms with Gasteiger partial charge in [0, 0.05) is 24.0 Å². The minimum atomic E-state index is -0.239. The zero-order valence-electron chi connectivity index (χ0n) is 13.8. The summed E-state index contributed by atoms with van der Waals surface area (Å²) in [5.41, 5.74) is 3.61. The Labute approximate surface area is 154 Å². The molecule has 6 heteroatoms. The summed E-state index contributed by atoms with van der Waals surface area (Å²) >= 11 is 1.53. The van der Waals surface area contributed by atoms with E-state index in [2.05, 4.69) is 20.6 Å². The van der Waals surface area contributed by atoms with Gasteiger partial charge in [-0.1, -0.05) is 53.8 Å². The first-order chi connectivity index (χ1) is 12.8. The Balaban J connectivity index is 1.46. The molecule has 0 radical (unpaired) electrons. The third-order valence-electron chi connectivity index (χ3n) is 3.83.